The molecule has 6 nitrogen and oxygen atoms in total. The molecule has 1 saturated heterocycles. The van der Waals surface area contributed by atoms with Crippen LogP contribution in [0.15, 0.2) is 6.33 Å². The van der Waals surface area contributed by atoms with Crippen LogP contribution in [0.2, 0.25) is 0 Å². The number of nitrogens with zero attached hydrogens (tertiary/aromatic N) is 4. The number of likely N-dealkylation sites (N-methyl/N-ethyl adjacent to an activating group) is 1. The molecule has 1 aromatic heterocycles. The molecule has 20 heavy (non-hydrogen) atoms. The third-order valence-corrected chi connectivity index (χ3v) is 4.52. The zero-order valence-corrected chi connectivity index (χ0v) is 12.0. The van der Waals surface area contributed by atoms with E-state index in [9.17, 15) is 4.79 Å². The minimum Gasteiger partial charge on any atom is -0.369 e. The van der Waals surface area contributed by atoms with E-state index in [0.717, 1.165) is 50.5 Å². The number of piperidine rings is 1. The Morgan fingerprint density at radius 3 is 3.15 bits per heavy atom. The maximum absolute atomic E-state index is 11.0. The molecule has 2 atom stereocenters. The Bertz CT molecular complexity index is 506. The van der Waals surface area contributed by atoms with Crippen molar-refractivity contribution < 1.29 is 4.79 Å². The molecule has 0 aromatic carbocycles. The van der Waals surface area contributed by atoms with E-state index in [2.05, 4.69) is 34.2 Å². The van der Waals surface area contributed by atoms with Gasteiger partial charge in [-0.25, -0.2) is 9.97 Å². The smallest absolute Gasteiger partial charge is 0.209 e. The lowest BCUT2D eigenvalue weighted by Crippen LogP contribution is -2.51. The van der Waals surface area contributed by atoms with Crippen LogP contribution >= 0.6 is 0 Å². The monoisotopic (exact) mass is 275 g/mol. The second-order valence-electron chi connectivity index (χ2n) is 5.75. The van der Waals surface area contributed by atoms with Crippen LogP contribution in [-0.4, -0.2) is 54.0 Å². The number of nitrogens with one attached hydrogen (secondary N) is 1. The third kappa shape index (κ3) is 2.19. The van der Waals surface area contributed by atoms with Crippen LogP contribution in [0, 0.1) is 5.92 Å². The number of fused-ring (bicyclic) bond motifs is 1. The number of amides is 1. The van der Waals surface area contributed by atoms with E-state index in [0.29, 0.717) is 12.0 Å². The van der Waals surface area contributed by atoms with Gasteiger partial charge in [0, 0.05) is 32.2 Å². The fraction of sp³-hybridized carbons (Fsp3) is 0.643. The third-order valence-electron chi connectivity index (χ3n) is 4.52. The van der Waals surface area contributed by atoms with E-state index in [-0.39, 0.29) is 0 Å². The summed E-state index contributed by atoms with van der Waals surface area (Å²) in [6.07, 6.45) is 4.58. The molecule has 2 aliphatic rings. The Labute approximate surface area is 119 Å². The van der Waals surface area contributed by atoms with Gasteiger partial charge >= 0.3 is 0 Å². The van der Waals surface area contributed by atoms with Crippen molar-refractivity contribution >= 4 is 18.0 Å². The number of carbonyl (C=O) groups excluding carboxylic acids is 1. The summed E-state index contributed by atoms with van der Waals surface area (Å²) >= 11 is 0. The number of anilines is 2. The predicted octanol–water partition coefficient (Wildman–Crippen LogP) is 0.748. The Morgan fingerprint density at radius 2 is 2.35 bits per heavy atom. The molecule has 6 heteroatoms. The summed E-state index contributed by atoms with van der Waals surface area (Å²) in [6, 6.07) is 0.313. The Kier molecular flexibility index (Phi) is 3.46. The number of aromatic nitrogens is 2. The van der Waals surface area contributed by atoms with Gasteiger partial charge in [0.1, 0.15) is 18.0 Å². The molecule has 0 aliphatic carbocycles. The summed E-state index contributed by atoms with van der Waals surface area (Å²) in [7, 11) is 2.08. The highest BCUT2D eigenvalue weighted by atomic mass is 16.1. The van der Waals surface area contributed by atoms with Crippen molar-refractivity contribution in [3.63, 3.8) is 0 Å². The standard InChI is InChI=1S/C14H21N5O/c1-10-4-6-19(9-20)7-12(10)18(2)14-11-3-5-15-13(11)16-8-17-14/h8-10,12H,3-7H2,1-2H3,(H,15,16,17). The van der Waals surface area contributed by atoms with Crippen molar-refractivity contribution in [2.75, 3.05) is 36.9 Å². The van der Waals surface area contributed by atoms with Crippen LogP contribution in [0.25, 0.3) is 0 Å². The van der Waals surface area contributed by atoms with E-state index < -0.39 is 0 Å². The second kappa shape index (κ2) is 5.26. The van der Waals surface area contributed by atoms with Crippen molar-refractivity contribution in [3.05, 3.63) is 11.9 Å². The normalized spacial score (nSPS) is 25.0. The molecular formula is C14H21N5O. The molecule has 0 bridgehead atoms. The predicted molar refractivity (Wildman–Crippen MR) is 77.8 cm³/mol. The zero-order valence-electron chi connectivity index (χ0n) is 12.0. The van der Waals surface area contributed by atoms with Crippen LogP contribution in [-0.2, 0) is 11.2 Å². The minimum absolute atomic E-state index is 0.313. The topological polar surface area (TPSA) is 61.4 Å². The summed E-state index contributed by atoms with van der Waals surface area (Å²) in [5, 5.41) is 3.29. The van der Waals surface area contributed by atoms with Gasteiger partial charge in [-0.15, -0.1) is 0 Å². The lowest BCUT2D eigenvalue weighted by atomic mass is 9.92. The highest BCUT2D eigenvalue weighted by Gasteiger charge is 2.31. The molecular weight excluding hydrogens is 254 g/mol. The number of hydrogen-bond acceptors (Lipinski definition) is 5. The molecule has 108 valence electrons. The van der Waals surface area contributed by atoms with E-state index in [1.165, 1.54) is 5.56 Å². The molecule has 1 amide bonds. The highest BCUT2D eigenvalue weighted by Crippen LogP contribution is 2.31. The van der Waals surface area contributed by atoms with Crippen LogP contribution in [0.5, 0.6) is 0 Å². The summed E-state index contributed by atoms with van der Waals surface area (Å²) in [5.74, 6) is 2.51. The first-order valence-corrected chi connectivity index (χ1v) is 7.20. The first-order chi connectivity index (χ1) is 9.70. The van der Waals surface area contributed by atoms with Gasteiger partial charge in [-0.05, 0) is 18.8 Å². The van der Waals surface area contributed by atoms with Gasteiger partial charge in [0.05, 0.1) is 6.04 Å². The van der Waals surface area contributed by atoms with E-state index >= 15 is 0 Å². The maximum Gasteiger partial charge on any atom is 0.209 e. The molecule has 2 unspecified atom stereocenters. The van der Waals surface area contributed by atoms with Gasteiger partial charge < -0.3 is 15.1 Å². The zero-order chi connectivity index (χ0) is 14.1. The quantitative estimate of drug-likeness (QED) is 0.825. The Morgan fingerprint density at radius 1 is 1.50 bits per heavy atom. The molecule has 0 radical (unpaired) electrons. The van der Waals surface area contributed by atoms with Crippen LogP contribution in [0.1, 0.15) is 18.9 Å². The molecule has 0 saturated carbocycles. The lowest BCUT2D eigenvalue weighted by molar-refractivity contribution is -0.119. The summed E-state index contributed by atoms with van der Waals surface area (Å²) in [5.41, 5.74) is 1.20. The van der Waals surface area contributed by atoms with Crippen molar-refractivity contribution in [1.82, 2.24) is 14.9 Å². The fourth-order valence-electron chi connectivity index (χ4n) is 3.23. The van der Waals surface area contributed by atoms with E-state index in [1.54, 1.807) is 6.33 Å². The van der Waals surface area contributed by atoms with Gasteiger partial charge in [0.15, 0.2) is 0 Å². The molecule has 3 rings (SSSR count). The minimum atomic E-state index is 0.313. The fourth-order valence-corrected chi connectivity index (χ4v) is 3.23. The average molecular weight is 275 g/mol. The van der Waals surface area contributed by atoms with Crippen LogP contribution in [0.4, 0.5) is 11.6 Å². The van der Waals surface area contributed by atoms with Gasteiger partial charge in [-0.3, -0.25) is 4.79 Å². The van der Waals surface area contributed by atoms with Crippen LogP contribution < -0.4 is 10.2 Å². The number of carbonyl (C=O) groups is 1. The molecule has 1 fully saturated rings. The van der Waals surface area contributed by atoms with Gasteiger partial charge in [0.25, 0.3) is 0 Å². The van der Waals surface area contributed by atoms with Gasteiger partial charge in [-0.2, -0.15) is 0 Å². The van der Waals surface area contributed by atoms with Crippen molar-refractivity contribution in [2.24, 2.45) is 5.92 Å². The molecule has 1 N–H and O–H groups in total. The Balaban J connectivity index is 1.86. The van der Waals surface area contributed by atoms with Crippen molar-refractivity contribution in [1.29, 1.82) is 0 Å². The summed E-state index contributed by atoms with van der Waals surface area (Å²) in [4.78, 5) is 23.9. The van der Waals surface area contributed by atoms with Crippen molar-refractivity contribution in [2.45, 2.75) is 25.8 Å². The van der Waals surface area contributed by atoms with E-state index in [4.69, 9.17) is 0 Å². The number of hydrogen-bond donors (Lipinski definition) is 1. The second-order valence-corrected chi connectivity index (χ2v) is 5.75. The molecule has 1 aromatic rings. The molecule has 2 aliphatic heterocycles. The first kappa shape index (κ1) is 13.1. The largest absolute Gasteiger partial charge is 0.369 e. The van der Waals surface area contributed by atoms with Crippen molar-refractivity contribution in [3.8, 4) is 0 Å². The lowest BCUT2D eigenvalue weighted by Gasteiger charge is -2.41. The summed E-state index contributed by atoms with van der Waals surface area (Å²) < 4.78 is 0. The first-order valence-electron chi connectivity index (χ1n) is 7.20. The summed E-state index contributed by atoms with van der Waals surface area (Å²) in [6.45, 7) is 4.81. The van der Waals surface area contributed by atoms with Crippen LogP contribution in [0.3, 0.4) is 0 Å². The average Bonchev–Trinajstić information content (AvgIpc) is 2.95. The van der Waals surface area contributed by atoms with Gasteiger partial charge in [-0.1, -0.05) is 6.92 Å². The number of likely N-dealkylation sites (tertiary alicyclic amines) is 1. The SMILES string of the molecule is CC1CCN(C=O)CC1N(C)c1ncnc2c1CCN2. The Hall–Kier alpha value is -1.85. The molecule has 3 heterocycles. The van der Waals surface area contributed by atoms with E-state index in [1.807, 2.05) is 4.90 Å². The molecule has 0 spiro atoms. The number of rotatable bonds is 3. The maximum atomic E-state index is 11.0. The highest BCUT2D eigenvalue weighted by molar-refractivity contribution is 5.62. The van der Waals surface area contributed by atoms with Gasteiger partial charge in [0.2, 0.25) is 6.41 Å².